The SMILES string of the molecule is Fc1ccc(N2CC[NH+](Cc3ccc(F)cc3F)CC2)cc1. The monoisotopic (exact) mass is 307 g/mol. The molecule has 5 heteroatoms. The Morgan fingerprint density at radius 2 is 1.50 bits per heavy atom. The summed E-state index contributed by atoms with van der Waals surface area (Å²) in [6, 6.07) is 10.2. The maximum Gasteiger partial charge on any atom is 0.134 e. The molecule has 1 aliphatic heterocycles. The summed E-state index contributed by atoms with van der Waals surface area (Å²) in [6.07, 6.45) is 0. The predicted octanol–water partition coefficient (Wildman–Crippen LogP) is 2.01. The van der Waals surface area contributed by atoms with Crippen molar-refractivity contribution in [2.45, 2.75) is 6.54 Å². The molecule has 0 unspecified atom stereocenters. The molecular weight excluding hydrogens is 289 g/mol. The fourth-order valence-electron chi connectivity index (χ4n) is 2.84. The fourth-order valence-corrected chi connectivity index (χ4v) is 2.84. The minimum absolute atomic E-state index is 0.236. The Labute approximate surface area is 127 Å². The van der Waals surface area contributed by atoms with Gasteiger partial charge in [-0.05, 0) is 36.4 Å². The average molecular weight is 307 g/mol. The molecule has 0 aromatic heterocycles. The maximum atomic E-state index is 13.7. The van der Waals surface area contributed by atoms with Gasteiger partial charge in [-0.2, -0.15) is 0 Å². The highest BCUT2D eigenvalue weighted by Gasteiger charge is 2.21. The Morgan fingerprint density at radius 1 is 0.864 bits per heavy atom. The summed E-state index contributed by atoms with van der Waals surface area (Å²) in [7, 11) is 0. The first-order chi connectivity index (χ1) is 10.6. The van der Waals surface area contributed by atoms with Gasteiger partial charge in [0.25, 0.3) is 0 Å². The highest BCUT2D eigenvalue weighted by Crippen LogP contribution is 2.14. The number of nitrogens with zero attached hydrogens (tertiary/aromatic N) is 1. The van der Waals surface area contributed by atoms with Crippen LogP contribution < -0.4 is 9.80 Å². The zero-order chi connectivity index (χ0) is 15.5. The second kappa shape index (κ2) is 6.40. The van der Waals surface area contributed by atoms with E-state index in [1.54, 1.807) is 12.1 Å². The van der Waals surface area contributed by atoms with Crippen molar-refractivity contribution in [2.24, 2.45) is 0 Å². The summed E-state index contributed by atoms with van der Waals surface area (Å²) in [5, 5.41) is 0. The van der Waals surface area contributed by atoms with Gasteiger partial charge in [0, 0.05) is 17.3 Å². The Kier molecular flexibility index (Phi) is 4.34. The molecule has 1 N–H and O–H groups in total. The second-order valence-electron chi connectivity index (χ2n) is 5.63. The summed E-state index contributed by atoms with van der Waals surface area (Å²) < 4.78 is 39.5. The number of rotatable bonds is 3. The standard InChI is InChI=1S/C17H17F3N2/c18-14-3-5-16(6-4-14)22-9-7-21(8-10-22)12-13-1-2-15(19)11-17(13)20/h1-6,11H,7-10,12H2/p+1. The first kappa shape index (κ1) is 14.9. The molecule has 0 bridgehead atoms. The van der Waals surface area contributed by atoms with Crippen molar-refractivity contribution < 1.29 is 18.1 Å². The van der Waals surface area contributed by atoms with Gasteiger partial charge in [-0.1, -0.05) is 0 Å². The van der Waals surface area contributed by atoms with E-state index in [-0.39, 0.29) is 5.82 Å². The number of hydrogen-bond donors (Lipinski definition) is 1. The molecule has 1 saturated heterocycles. The van der Waals surface area contributed by atoms with Gasteiger partial charge < -0.3 is 9.80 Å². The number of halogens is 3. The van der Waals surface area contributed by atoms with E-state index in [2.05, 4.69) is 4.90 Å². The minimum Gasteiger partial charge on any atom is -0.360 e. The molecule has 0 spiro atoms. The Bertz CT molecular complexity index is 635. The predicted molar refractivity (Wildman–Crippen MR) is 79.4 cm³/mol. The first-order valence-corrected chi connectivity index (χ1v) is 7.40. The van der Waals surface area contributed by atoms with Crippen LogP contribution in [-0.2, 0) is 6.54 Å². The van der Waals surface area contributed by atoms with Crippen LogP contribution in [0, 0.1) is 17.5 Å². The summed E-state index contributed by atoms with van der Waals surface area (Å²) >= 11 is 0. The van der Waals surface area contributed by atoms with E-state index in [1.165, 1.54) is 29.2 Å². The van der Waals surface area contributed by atoms with E-state index in [1.807, 2.05) is 0 Å². The van der Waals surface area contributed by atoms with Crippen LogP contribution in [-0.4, -0.2) is 26.2 Å². The number of quaternary nitrogens is 1. The number of anilines is 1. The van der Waals surface area contributed by atoms with Crippen LogP contribution in [0.15, 0.2) is 42.5 Å². The van der Waals surface area contributed by atoms with Crippen LogP contribution in [0.2, 0.25) is 0 Å². The van der Waals surface area contributed by atoms with Crippen molar-refractivity contribution >= 4 is 5.69 Å². The number of hydrogen-bond acceptors (Lipinski definition) is 1. The topological polar surface area (TPSA) is 7.68 Å². The molecule has 1 heterocycles. The van der Waals surface area contributed by atoms with Crippen LogP contribution in [0.25, 0.3) is 0 Å². The third kappa shape index (κ3) is 3.42. The number of nitrogens with one attached hydrogen (secondary N) is 1. The lowest BCUT2D eigenvalue weighted by atomic mass is 10.1. The third-order valence-corrected chi connectivity index (χ3v) is 4.12. The molecule has 1 aliphatic rings. The smallest absolute Gasteiger partial charge is 0.134 e. The fraction of sp³-hybridized carbons (Fsp3) is 0.294. The normalized spacial score (nSPS) is 16.0. The van der Waals surface area contributed by atoms with Crippen molar-refractivity contribution in [1.82, 2.24) is 0 Å². The highest BCUT2D eigenvalue weighted by molar-refractivity contribution is 5.46. The van der Waals surface area contributed by atoms with E-state index in [9.17, 15) is 13.2 Å². The zero-order valence-electron chi connectivity index (χ0n) is 12.2. The summed E-state index contributed by atoms with van der Waals surface area (Å²) in [5.74, 6) is -1.26. The van der Waals surface area contributed by atoms with Crippen molar-refractivity contribution in [2.75, 3.05) is 31.1 Å². The van der Waals surface area contributed by atoms with Crippen molar-refractivity contribution in [3.8, 4) is 0 Å². The van der Waals surface area contributed by atoms with E-state index < -0.39 is 11.6 Å². The van der Waals surface area contributed by atoms with E-state index >= 15 is 0 Å². The largest absolute Gasteiger partial charge is 0.360 e. The molecule has 0 aliphatic carbocycles. The molecule has 116 valence electrons. The quantitative estimate of drug-likeness (QED) is 0.911. The van der Waals surface area contributed by atoms with Crippen LogP contribution in [0.4, 0.5) is 18.9 Å². The van der Waals surface area contributed by atoms with Crippen molar-refractivity contribution in [3.63, 3.8) is 0 Å². The number of benzene rings is 2. The molecule has 22 heavy (non-hydrogen) atoms. The Balaban J connectivity index is 1.58. The van der Waals surface area contributed by atoms with E-state index in [0.29, 0.717) is 12.1 Å². The van der Waals surface area contributed by atoms with Gasteiger partial charge in [0.2, 0.25) is 0 Å². The Morgan fingerprint density at radius 3 is 2.14 bits per heavy atom. The van der Waals surface area contributed by atoms with Gasteiger partial charge in [0.15, 0.2) is 0 Å². The lowest BCUT2D eigenvalue weighted by Crippen LogP contribution is -3.13. The van der Waals surface area contributed by atoms with Crippen molar-refractivity contribution in [1.29, 1.82) is 0 Å². The van der Waals surface area contributed by atoms with Gasteiger partial charge in [-0.15, -0.1) is 0 Å². The molecular formula is C17H18F3N2+. The molecule has 2 aromatic carbocycles. The molecule has 3 rings (SSSR count). The van der Waals surface area contributed by atoms with Gasteiger partial charge in [-0.25, -0.2) is 13.2 Å². The summed E-state index contributed by atoms with van der Waals surface area (Å²) in [4.78, 5) is 3.47. The van der Waals surface area contributed by atoms with Gasteiger partial charge in [0.1, 0.15) is 24.0 Å². The molecule has 0 radical (unpaired) electrons. The van der Waals surface area contributed by atoms with Crippen LogP contribution in [0.1, 0.15) is 5.56 Å². The van der Waals surface area contributed by atoms with Crippen LogP contribution in [0.3, 0.4) is 0 Å². The number of piperazine rings is 1. The van der Waals surface area contributed by atoms with Gasteiger partial charge in [-0.3, -0.25) is 0 Å². The lowest BCUT2D eigenvalue weighted by molar-refractivity contribution is -0.914. The van der Waals surface area contributed by atoms with Gasteiger partial charge in [0.05, 0.1) is 26.2 Å². The molecule has 2 nitrogen and oxygen atoms in total. The first-order valence-electron chi connectivity index (χ1n) is 7.40. The van der Waals surface area contributed by atoms with E-state index in [0.717, 1.165) is 37.9 Å². The molecule has 0 saturated carbocycles. The average Bonchev–Trinajstić information content (AvgIpc) is 2.52. The van der Waals surface area contributed by atoms with Crippen LogP contribution in [0.5, 0.6) is 0 Å². The highest BCUT2D eigenvalue weighted by atomic mass is 19.1. The summed E-state index contributed by atoms with van der Waals surface area (Å²) in [6.45, 7) is 3.97. The minimum atomic E-state index is -0.544. The lowest BCUT2D eigenvalue weighted by Gasteiger charge is -2.33. The zero-order valence-corrected chi connectivity index (χ0v) is 12.2. The Hall–Kier alpha value is -2.01. The summed E-state index contributed by atoms with van der Waals surface area (Å²) in [5.41, 5.74) is 1.56. The van der Waals surface area contributed by atoms with Crippen molar-refractivity contribution in [3.05, 3.63) is 65.5 Å². The molecule has 0 amide bonds. The second-order valence-corrected chi connectivity index (χ2v) is 5.63. The molecule has 2 aromatic rings. The molecule has 1 fully saturated rings. The maximum absolute atomic E-state index is 13.7. The van der Waals surface area contributed by atoms with E-state index in [4.69, 9.17) is 0 Å². The third-order valence-electron chi connectivity index (χ3n) is 4.12. The van der Waals surface area contributed by atoms with Gasteiger partial charge >= 0.3 is 0 Å². The molecule has 0 atom stereocenters. The van der Waals surface area contributed by atoms with Crippen LogP contribution >= 0.6 is 0 Å².